The summed E-state index contributed by atoms with van der Waals surface area (Å²) in [5.41, 5.74) is 0.351. The molecule has 0 aromatic heterocycles. The first-order valence-electron chi connectivity index (χ1n) is 8.20. The van der Waals surface area contributed by atoms with Gasteiger partial charge in [-0.3, -0.25) is 4.79 Å². The Labute approximate surface area is 145 Å². The van der Waals surface area contributed by atoms with Gasteiger partial charge in [-0.15, -0.1) is 0 Å². The van der Waals surface area contributed by atoms with E-state index in [2.05, 4.69) is 5.32 Å². The quantitative estimate of drug-likeness (QED) is 0.745. The van der Waals surface area contributed by atoms with Crippen molar-refractivity contribution in [2.75, 3.05) is 18.5 Å². The maximum absolute atomic E-state index is 13.2. The van der Waals surface area contributed by atoms with Crippen LogP contribution in [0.4, 0.5) is 14.5 Å². The van der Waals surface area contributed by atoms with Gasteiger partial charge >= 0.3 is 0 Å². The lowest BCUT2D eigenvalue weighted by Gasteiger charge is -2.14. The summed E-state index contributed by atoms with van der Waals surface area (Å²) < 4.78 is 37.8. The van der Waals surface area contributed by atoms with Crippen LogP contribution in [-0.2, 0) is 0 Å². The summed E-state index contributed by atoms with van der Waals surface area (Å²) in [5.74, 6) is -1.12. The molecule has 134 valence electrons. The van der Waals surface area contributed by atoms with Crippen molar-refractivity contribution >= 4 is 11.6 Å². The van der Waals surface area contributed by atoms with Gasteiger partial charge in [0, 0.05) is 23.4 Å². The summed E-state index contributed by atoms with van der Waals surface area (Å²) in [4.78, 5) is 12.2. The highest BCUT2D eigenvalue weighted by molar-refractivity contribution is 6.04. The van der Waals surface area contributed by atoms with Crippen LogP contribution < -0.4 is 14.8 Å². The molecular formula is C19H21F2NO3. The van der Waals surface area contributed by atoms with Crippen molar-refractivity contribution < 1.29 is 23.0 Å². The summed E-state index contributed by atoms with van der Waals surface area (Å²) in [6.07, 6.45) is 1.68. The Hall–Kier alpha value is -2.63. The molecular weight excluding hydrogens is 328 g/mol. The summed E-state index contributed by atoms with van der Waals surface area (Å²) in [6, 6.07) is 7.65. The molecule has 6 heteroatoms. The van der Waals surface area contributed by atoms with E-state index in [4.69, 9.17) is 9.47 Å². The van der Waals surface area contributed by atoms with E-state index in [9.17, 15) is 13.6 Å². The Balaban J connectivity index is 2.18. The lowest BCUT2D eigenvalue weighted by atomic mass is 10.2. The molecule has 2 aromatic rings. The molecule has 1 amide bonds. The first kappa shape index (κ1) is 18.7. The zero-order chi connectivity index (χ0) is 18.2. The highest BCUT2D eigenvalue weighted by atomic mass is 19.1. The molecule has 0 aliphatic heterocycles. The fourth-order valence-corrected chi connectivity index (χ4v) is 2.13. The molecule has 0 fully saturated rings. The predicted octanol–water partition coefficient (Wildman–Crippen LogP) is 4.79. The Morgan fingerprint density at radius 3 is 2.12 bits per heavy atom. The van der Waals surface area contributed by atoms with Gasteiger partial charge in [0.25, 0.3) is 5.91 Å². The first-order valence-corrected chi connectivity index (χ1v) is 8.20. The van der Waals surface area contributed by atoms with Gasteiger partial charge in [-0.25, -0.2) is 8.78 Å². The van der Waals surface area contributed by atoms with Crippen LogP contribution in [0, 0.1) is 11.6 Å². The van der Waals surface area contributed by atoms with Gasteiger partial charge in [0.15, 0.2) is 11.5 Å². The van der Waals surface area contributed by atoms with E-state index in [0.29, 0.717) is 36.5 Å². The lowest BCUT2D eigenvalue weighted by Crippen LogP contribution is -2.13. The topological polar surface area (TPSA) is 47.6 Å². The van der Waals surface area contributed by atoms with E-state index in [1.165, 1.54) is 0 Å². The Kier molecular flexibility index (Phi) is 6.74. The minimum Gasteiger partial charge on any atom is -0.490 e. The minimum atomic E-state index is -0.805. The summed E-state index contributed by atoms with van der Waals surface area (Å²) in [7, 11) is 0. The van der Waals surface area contributed by atoms with Crippen LogP contribution in [0.2, 0.25) is 0 Å². The summed E-state index contributed by atoms with van der Waals surface area (Å²) >= 11 is 0. The second-order valence-corrected chi connectivity index (χ2v) is 5.47. The normalized spacial score (nSPS) is 10.4. The number of anilines is 1. The second kappa shape index (κ2) is 9.01. The molecule has 4 nitrogen and oxygen atoms in total. The maximum atomic E-state index is 13.2. The van der Waals surface area contributed by atoms with E-state index in [1.807, 2.05) is 13.8 Å². The van der Waals surface area contributed by atoms with Crippen molar-refractivity contribution in [2.45, 2.75) is 26.7 Å². The number of hydrogen-bond acceptors (Lipinski definition) is 3. The van der Waals surface area contributed by atoms with Crippen molar-refractivity contribution in [3.8, 4) is 11.5 Å². The van der Waals surface area contributed by atoms with Gasteiger partial charge in [-0.1, -0.05) is 13.8 Å². The zero-order valence-electron chi connectivity index (χ0n) is 14.3. The SMILES string of the molecule is CCCOc1ccc(NC(=O)c2cc(F)cc(F)c2)cc1OCCC. The Morgan fingerprint density at radius 1 is 0.920 bits per heavy atom. The third-order valence-corrected chi connectivity index (χ3v) is 3.25. The predicted molar refractivity (Wildman–Crippen MR) is 92.3 cm³/mol. The molecule has 0 heterocycles. The third-order valence-electron chi connectivity index (χ3n) is 3.25. The molecule has 0 radical (unpaired) electrons. The average Bonchev–Trinajstić information content (AvgIpc) is 2.58. The van der Waals surface area contributed by atoms with Gasteiger partial charge in [0.1, 0.15) is 11.6 Å². The monoisotopic (exact) mass is 349 g/mol. The van der Waals surface area contributed by atoms with E-state index in [-0.39, 0.29) is 5.56 Å². The number of nitrogens with one attached hydrogen (secondary N) is 1. The number of rotatable bonds is 8. The molecule has 0 aliphatic carbocycles. The molecule has 1 N–H and O–H groups in total. The van der Waals surface area contributed by atoms with Crippen molar-refractivity contribution in [3.63, 3.8) is 0 Å². The molecule has 0 spiro atoms. The number of halogens is 2. The number of amides is 1. The second-order valence-electron chi connectivity index (χ2n) is 5.47. The molecule has 0 unspecified atom stereocenters. The molecule has 0 aliphatic rings. The van der Waals surface area contributed by atoms with E-state index >= 15 is 0 Å². The highest BCUT2D eigenvalue weighted by Gasteiger charge is 2.12. The Bertz CT molecular complexity index is 714. The van der Waals surface area contributed by atoms with Crippen LogP contribution in [0.5, 0.6) is 11.5 Å². The van der Waals surface area contributed by atoms with Crippen molar-refractivity contribution in [3.05, 3.63) is 53.6 Å². The van der Waals surface area contributed by atoms with Crippen LogP contribution in [0.1, 0.15) is 37.0 Å². The van der Waals surface area contributed by atoms with Crippen molar-refractivity contribution in [2.24, 2.45) is 0 Å². The third kappa shape index (κ3) is 5.45. The smallest absolute Gasteiger partial charge is 0.255 e. The molecule has 2 aromatic carbocycles. The summed E-state index contributed by atoms with van der Waals surface area (Å²) in [5, 5.41) is 2.60. The largest absolute Gasteiger partial charge is 0.490 e. The van der Waals surface area contributed by atoms with E-state index in [0.717, 1.165) is 25.0 Å². The molecule has 25 heavy (non-hydrogen) atoms. The number of benzene rings is 2. The molecule has 0 saturated heterocycles. The number of carbonyl (C=O) groups is 1. The van der Waals surface area contributed by atoms with Crippen LogP contribution in [0.3, 0.4) is 0 Å². The van der Waals surface area contributed by atoms with Gasteiger partial charge in [-0.05, 0) is 37.1 Å². The average molecular weight is 349 g/mol. The van der Waals surface area contributed by atoms with Crippen molar-refractivity contribution in [1.82, 2.24) is 0 Å². The fraction of sp³-hybridized carbons (Fsp3) is 0.316. The maximum Gasteiger partial charge on any atom is 0.255 e. The van der Waals surface area contributed by atoms with E-state index in [1.54, 1.807) is 18.2 Å². The minimum absolute atomic E-state index is 0.0974. The van der Waals surface area contributed by atoms with Gasteiger partial charge in [0.05, 0.1) is 13.2 Å². The highest BCUT2D eigenvalue weighted by Crippen LogP contribution is 2.31. The summed E-state index contributed by atoms with van der Waals surface area (Å²) in [6.45, 7) is 5.04. The van der Waals surface area contributed by atoms with E-state index < -0.39 is 17.5 Å². The standard InChI is InChI=1S/C19H21F2NO3/c1-3-7-24-17-6-5-16(12-18(17)25-8-4-2)22-19(23)13-9-14(20)11-15(21)10-13/h5-6,9-12H,3-4,7-8H2,1-2H3,(H,22,23). The number of ether oxygens (including phenoxy) is 2. The molecule has 2 rings (SSSR count). The van der Waals surface area contributed by atoms with Gasteiger partial charge in [0.2, 0.25) is 0 Å². The lowest BCUT2D eigenvalue weighted by molar-refractivity contribution is 0.102. The first-order chi connectivity index (χ1) is 12.0. The van der Waals surface area contributed by atoms with Crippen LogP contribution in [0.25, 0.3) is 0 Å². The van der Waals surface area contributed by atoms with Crippen LogP contribution >= 0.6 is 0 Å². The zero-order valence-corrected chi connectivity index (χ0v) is 14.3. The fourth-order valence-electron chi connectivity index (χ4n) is 2.13. The number of hydrogen-bond donors (Lipinski definition) is 1. The van der Waals surface area contributed by atoms with Crippen LogP contribution in [-0.4, -0.2) is 19.1 Å². The van der Waals surface area contributed by atoms with Crippen molar-refractivity contribution in [1.29, 1.82) is 0 Å². The molecule has 0 saturated carbocycles. The Morgan fingerprint density at radius 2 is 1.52 bits per heavy atom. The van der Waals surface area contributed by atoms with Gasteiger partial charge in [-0.2, -0.15) is 0 Å². The molecule has 0 atom stereocenters. The van der Waals surface area contributed by atoms with Crippen LogP contribution in [0.15, 0.2) is 36.4 Å². The molecule has 0 bridgehead atoms. The van der Waals surface area contributed by atoms with Gasteiger partial charge < -0.3 is 14.8 Å². The number of carbonyl (C=O) groups excluding carboxylic acids is 1.